The van der Waals surface area contributed by atoms with Gasteiger partial charge in [0.25, 0.3) is 11.9 Å². The number of halogens is 2. The summed E-state index contributed by atoms with van der Waals surface area (Å²) < 4.78 is 26.1. The number of nitrogens with one attached hydrogen (secondary N) is 3. The molecule has 0 atom stereocenters. The minimum atomic E-state index is -2.71. The number of H-pyrrole nitrogens is 2. The highest BCUT2D eigenvalue weighted by molar-refractivity contribution is 6.02. The molecule has 5 rings (SSSR count). The summed E-state index contributed by atoms with van der Waals surface area (Å²) in [4.78, 5) is 24.2. The normalized spacial score (nSPS) is 11.3. The van der Waals surface area contributed by atoms with Crippen LogP contribution in [0.1, 0.15) is 17.0 Å². The highest BCUT2D eigenvalue weighted by Gasteiger charge is 2.14. The number of hydrogen-bond acceptors (Lipinski definition) is 7. The second kappa shape index (κ2) is 7.37. The molecule has 0 saturated heterocycles. The van der Waals surface area contributed by atoms with Gasteiger partial charge in [-0.3, -0.25) is 10.1 Å². The Balaban J connectivity index is 1.44. The number of alkyl halides is 2. The van der Waals surface area contributed by atoms with E-state index in [0.29, 0.717) is 32.8 Å². The van der Waals surface area contributed by atoms with Crippen molar-refractivity contribution in [2.24, 2.45) is 0 Å². The third-order valence-electron chi connectivity index (χ3n) is 4.43. The summed E-state index contributed by atoms with van der Waals surface area (Å²) in [6.07, 6.45) is 4.21. The summed E-state index contributed by atoms with van der Waals surface area (Å²) in [6.45, 7) is -2.71. The number of hydrogen-bond donors (Lipinski definition) is 3. The lowest BCUT2D eigenvalue weighted by atomic mass is 10.1. The predicted octanol–water partition coefficient (Wildman–Crippen LogP) is 2.65. The van der Waals surface area contributed by atoms with Crippen LogP contribution in [-0.4, -0.2) is 51.3 Å². The molecule has 31 heavy (non-hydrogen) atoms. The number of nitrogens with zero attached hydrogens (tertiary/aromatic N) is 7. The van der Waals surface area contributed by atoms with Crippen LogP contribution < -0.4 is 5.32 Å². The van der Waals surface area contributed by atoms with Crippen molar-refractivity contribution in [3.8, 4) is 22.5 Å². The molecule has 0 aliphatic heterocycles. The van der Waals surface area contributed by atoms with E-state index in [0.717, 1.165) is 5.39 Å². The topological polar surface area (TPSA) is 143 Å². The Kier molecular flexibility index (Phi) is 4.39. The molecule has 0 fully saturated rings. The maximum Gasteiger partial charge on any atom is 0.333 e. The highest BCUT2D eigenvalue weighted by Crippen LogP contribution is 2.27. The van der Waals surface area contributed by atoms with Crippen LogP contribution in [0.25, 0.3) is 33.5 Å². The SMILES string of the molecule is O=C(Nc1nn[nH]n1)c1cccc(-c2cnc3[nH]c(-c4cnn(C(F)F)c4)cc3c2)n1. The third-order valence-corrected chi connectivity index (χ3v) is 4.43. The van der Waals surface area contributed by atoms with Gasteiger partial charge in [-0.05, 0) is 29.5 Å². The van der Waals surface area contributed by atoms with E-state index >= 15 is 0 Å². The molecule has 0 saturated carbocycles. The zero-order chi connectivity index (χ0) is 21.4. The molecule has 13 heteroatoms. The Morgan fingerprint density at radius 3 is 2.84 bits per heavy atom. The minimum Gasteiger partial charge on any atom is -0.339 e. The summed E-state index contributed by atoms with van der Waals surface area (Å²) in [7, 11) is 0. The highest BCUT2D eigenvalue weighted by atomic mass is 19.3. The zero-order valence-corrected chi connectivity index (χ0v) is 15.5. The van der Waals surface area contributed by atoms with Crippen LogP contribution in [0.4, 0.5) is 14.7 Å². The van der Waals surface area contributed by atoms with Gasteiger partial charge in [-0.1, -0.05) is 11.2 Å². The summed E-state index contributed by atoms with van der Waals surface area (Å²) >= 11 is 0. The van der Waals surface area contributed by atoms with Gasteiger partial charge in [0.1, 0.15) is 11.3 Å². The molecule has 5 heterocycles. The van der Waals surface area contributed by atoms with E-state index in [1.807, 2.05) is 6.07 Å². The average Bonchev–Trinajstić information content (AvgIpc) is 3.53. The van der Waals surface area contributed by atoms with Gasteiger partial charge in [0, 0.05) is 28.9 Å². The van der Waals surface area contributed by atoms with E-state index < -0.39 is 12.5 Å². The molecule has 0 aliphatic carbocycles. The largest absolute Gasteiger partial charge is 0.339 e. The van der Waals surface area contributed by atoms with Gasteiger partial charge in [-0.2, -0.15) is 19.1 Å². The Hall–Kier alpha value is -4.55. The second-order valence-electron chi connectivity index (χ2n) is 6.43. The number of rotatable bonds is 5. The number of fused-ring (bicyclic) bond motifs is 1. The van der Waals surface area contributed by atoms with Crippen molar-refractivity contribution in [2.75, 3.05) is 5.32 Å². The molecule has 11 nitrogen and oxygen atoms in total. The molecular weight excluding hydrogens is 410 g/mol. The van der Waals surface area contributed by atoms with Gasteiger partial charge in [-0.15, -0.1) is 5.10 Å². The first-order valence-corrected chi connectivity index (χ1v) is 8.90. The van der Waals surface area contributed by atoms with Gasteiger partial charge in [0.05, 0.1) is 17.6 Å². The Bertz CT molecular complexity index is 1380. The number of carbonyl (C=O) groups excluding carboxylic acids is 1. The summed E-state index contributed by atoms with van der Waals surface area (Å²) in [6, 6.07) is 8.61. The molecule has 154 valence electrons. The number of anilines is 1. The van der Waals surface area contributed by atoms with Gasteiger partial charge < -0.3 is 4.98 Å². The van der Waals surface area contributed by atoms with Crippen molar-refractivity contribution in [2.45, 2.75) is 6.55 Å². The lowest BCUT2D eigenvalue weighted by Gasteiger charge is -2.04. The molecule has 5 aromatic rings. The van der Waals surface area contributed by atoms with E-state index in [1.165, 1.54) is 12.4 Å². The zero-order valence-electron chi connectivity index (χ0n) is 15.5. The number of aromatic amines is 2. The molecule has 0 aromatic carbocycles. The second-order valence-corrected chi connectivity index (χ2v) is 6.43. The Labute approximate surface area is 171 Å². The van der Waals surface area contributed by atoms with Crippen molar-refractivity contribution in [3.63, 3.8) is 0 Å². The van der Waals surface area contributed by atoms with Crippen LogP contribution in [0, 0.1) is 0 Å². The number of carbonyl (C=O) groups is 1. The first kappa shape index (κ1) is 18.5. The summed E-state index contributed by atoms with van der Waals surface area (Å²) in [5.74, 6) is -0.451. The fourth-order valence-electron chi connectivity index (χ4n) is 3.00. The molecular formula is C18H12F2N10O. The van der Waals surface area contributed by atoms with Crippen LogP contribution in [0.5, 0.6) is 0 Å². The standard InChI is InChI=1S/C18H12F2N10O/c19-17(20)30-8-11(7-22-30)14-5-9-4-10(6-21-15(9)24-14)12-2-1-3-13(23-12)16(31)25-18-26-28-29-27-18/h1-8,17H,(H,21,24)(H2,25,26,27,28,29,31). The smallest absolute Gasteiger partial charge is 0.333 e. The fourth-order valence-corrected chi connectivity index (χ4v) is 3.00. The number of aromatic nitrogens is 9. The third kappa shape index (κ3) is 3.59. The van der Waals surface area contributed by atoms with Crippen molar-refractivity contribution in [1.29, 1.82) is 0 Å². The number of amides is 1. The number of pyridine rings is 2. The van der Waals surface area contributed by atoms with Gasteiger partial charge in [-0.25, -0.2) is 14.6 Å². The monoisotopic (exact) mass is 422 g/mol. The van der Waals surface area contributed by atoms with E-state index in [2.05, 4.69) is 46.0 Å². The van der Waals surface area contributed by atoms with Crippen molar-refractivity contribution >= 4 is 22.9 Å². The maximum absolute atomic E-state index is 12.8. The summed E-state index contributed by atoms with van der Waals surface area (Å²) in [5, 5.41) is 19.8. The van der Waals surface area contributed by atoms with E-state index in [-0.39, 0.29) is 11.6 Å². The first-order chi connectivity index (χ1) is 15.1. The van der Waals surface area contributed by atoms with Crippen molar-refractivity contribution in [1.82, 2.24) is 45.4 Å². The van der Waals surface area contributed by atoms with E-state index in [1.54, 1.807) is 30.5 Å². The Morgan fingerprint density at radius 2 is 2.06 bits per heavy atom. The van der Waals surface area contributed by atoms with E-state index in [4.69, 9.17) is 0 Å². The lowest BCUT2D eigenvalue weighted by Crippen LogP contribution is -2.14. The average molecular weight is 422 g/mol. The molecule has 0 unspecified atom stereocenters. The van der Waals surface area contributed by atoms with Crippen LogP contribution >= 0.6 is 0 Å². The van der Waals surface area contributed by atoms with Crippen LogP contribution in [0.15, 0.2) is 48.9 Å². The van der Waals surface area contributed by atoms with Crippen molar-refractivity contribution in [3.05, 3.63) is 54.6 Å². The van der Waals surface area contributed by atoms with Gasteiger partial charge in [0.2, 0.25) is 0 Å². The molecule has 5 aromatic heterocycles. The van der Waals surface area contributed by atoms with Crippen molar-refractivity contribution < 1.29 is 13.6 Å². The maximum atomic E-state index is 12.8. The summed E-state index contributed by atoms with van der Waals surface area (Å²) in [5.41, 5.74) is 3.07. The molecule has 1 amide bonds. The minimum absolute atomic E-state index is 0.0373. The lowest BCUT2D eigenvalue weighted by molar-refractivity contribution is 0.0566. The first-order valence-electron chi connectivity index (χ1n) is 8.90. The molecule has 0 radical (unpaired) electrons. The van der Waals surface area contributed by atoms with Gasteiger partial charge in [0.15, 0.2) is 0 Å². The molecule has 0 bridgehead atoms. The molecule has 0 aliphatic rings. The quantitative estimate of drug-likeness (QED) is 0.395. The van der Waals surface area contributed by atoms with Gasteiger partial charge >= 0.3 is 6.55 Å². The predicted molar refractivity (Wildman–Crippen MR) is 104 cm³/mol. The van der Waals surface area contributed by atoms with Crippen LogP contribution in [-0.2, 0) is 0 Å². The van der Waals surface area contributed by atoms with E-state index in [9.17, 15) is 13.6 Å². The Morgan fingerprint density at radius 1 is 1.16 bits per heavy atom. The fraction of sp³-hybridized carbons (Fsp3) is 0.0556. The van der Waals surface area contributed by atoms with Crippen LogP contribution in [0.3, 0.4) is 0 Å². The molecule has 0 spiro atoms. The number of tetrazole rings is 1. The van der Waals surface area contributed by atoms with Crippen LogP contribution in [0.2, 0.25) is 0 Å². The molecule has 3 N–H and O–H groups in total.